The molecule has 1 aromatic carbocycles. The second kappa shape index (κ2) is 6.49. The first-order chi connectivity index (χ1) is 9.20. The summed E-state index contributed by atoms with van der Waals surface area (Å²) in [6, 6.07) is 3.41. The van der Waals surface area contributed by atoms with Crippen molar-refractivity contribution in [3.8, 4) is 0 Å². The molecule has 1 aromatic rings. The number of carbonyl (C=O) groups excluding carboxylic acids is 1. The third-order valence-corrected chi connectivity index (χ3v) is 2.50. The van der Waals surface area contributed by atoms with Crippen LogP contribution in [0.1, 0.15) is 19.4 Å². The number of benzene rings is 1. The van der Waals surface area contributed by atoms with Gasteiger partial charge in [0, 0.05) is 17.9 Å². The van der Waals surface area contributed by atoms with Crippen molar-refractivity contribution in [3.05, 3.63) is 23.8 Å². The quantitative estimate of drug-likeness (QED) is 0.729. The van der Waals surface area contributed by atoms with E-state index in [-0.39, 0.29) is 29.7 Å². The van der Waals surface area contributed by atoms with Crippen molar-refractivity contribution in [1.82, 2.24) is 5.32 Å². The molecular formula is C13H18F3N3O. The maximum absolute atomic E-state index is 12.8. The molecule has 0 aliphatic heterocycles. The van der Waals surface area contributed by atoms with Gasteiger partial charge in [0.2, 0.25) is 5.91 Å². The summed E-state index contributed by atoms with van der Waals surface area (Å²) in [4.78, 5) is 11.5. The second-order valence-electron chi connectivity index (χ2n) is 4.85. The van der Waals surface area contributed by atoms with Gasteiger partial charge >= 0.3 is 6.18 Å². The van der Waals surface area contributed by atoms with Crippen LogP contribution in [-0.2, 0) is 11.0 Å². The Hall–Kier alpha value is -1.92. The summed E-state index contributed by atoms with van der Waals surface area (Å²) in [6.45, 7) is 4.11. The van der Waals surface area contributed by atoms with Gasteiger partial charge in [-0.3, -0.25) is 4.79 Å². The van der Waals surface area contributed by atoms with Gasteiger partial charge < -0.3 is 16.4 Å². The number of carbonyl (C=O) groups is 1. The van der Waals surface area contributed by atoms with E-state index in [1.54, 1.807) is 0 Å². The first-order valence-electron chi connectivity index (χ1n) is 6.17. The van der Waals surface area contributed by atoms with Gasteiger partial charge in [-0.1, -0.05) is 13.8 Å². The van der Waals surface area contributed by atoms with E-state index in [4.69, 9.17) is 5.73 Å². The molecule has 4 N–H and O–H groups in total. The first kappa shape index (κ1) is 16.1. The Morgan fingerprint density at radius 2 is 2.00 bits per heavy atom. The minimum absolute atomic E-state index is 0.0205. The molecule has 112 valence electrons. The highest BCUT2D eigenvalue weighted by molar-refractivity contribution is 5.81. The lowest BCUT2D eigenvalue weighted by molar-refractivity contribution is -0.137. The van der Waals surface area contributed by atoms with Crippen LogP contribution >= 0.6 is 0 Å². The number of rotatable bonds is 5. The normalized spacial score (nSPS) is 11.5. The van der Waals surface area contributed by atoms with E-state index in [2.05, 4.69) is 10.6 Å². The summed E-state index contributed by atoms with van der Waals surface area (Å²) in [5.74, 6) is -0.0788. The average molecular weight is 289 g/mol. The lowest BCUT2D eigenvalue weighted by atomic mass is 10.1. The zero-order valence-electron chi connectivity index (χ0n) is 11.3. The molecule has 7 heteroatoms. The second-order valence-corrected chi connectivity index (χ2v) is 4.85. The van der Waals surface area contributed by atoms with Gasteiger partial charge in [0.15, 0.2) is 0 Å². The minimum atomic E-state index is -4.52. The van der Waals surface area contributed by atoms with Gasteiger partial charge in [0.25, 0.3) is 0 Å². The molecule has 1 rings (SSSR count). The van der Waals surface area contributed by atoms with Gasteiger partial charge in [-0.15, -0.1) is 0 Å². The van der Waals surface area contributed by atoms with E-state index >= 15 is 0 Å². The third kappa shape index (κ3) is 4.99. The number of hydrogen-bond acceptors (Lipinski definition) is 3. The molecule has 0 aliphatic rings. The first-order valence-corrected chi connectivity index (χ1v) is 6.17. The van der Waals surface area contributed by atoms with Crippen LogP contribution in [0.5, 0.6) is 0 Å². The van der Waals surface area contributed by atoms with Crippen LogP contribution in [0.3, 0.4) is 0 Å². The molecular weight excluding hydrogens is 271 g/mol. The minimum Gasteiger partial charge on any atom is -0.399 e. The largest absolute Gasteiger partial charge is 0.418 e. The highest BCUT2D eigenvalue weighted by Crippen LogP contribution is 2.35. The molecule has 0 aliphatic carbocycles. The molecule has 0 saturated carbocycles. The third-order valence-electron chi connectivity index (χ3n) is 2.50. The summed E-state index contributed by atoms with van der Waals surface area (Å²) in [7, 11) is 0. The zero-order valence-corrected chi connectivity index (χ0v) is 11.3. The molecule has 0 atom stereocenters. The van der Waals surface area contributed by atoms with Crippen molar-refractivity contribution in [3.63, 3.8) is 0 Å². The number of amides is 1. The molecule has 4 nitrogen and oxygen atoms in total. The van der Waals surface area contributed by atoms with Crippen LogP contribution in [0.15, 0.2) is 18.2 Å². The van der Waals surface area contributed by atoms with E-state index in [1.807, 2.05) is 13.8 Å². The predicted molar refractivity (Wildman–Crippen MR) is 72.2 cm³/mol. The van der Waals surface area contributed by atoms with Gasteiger partial charge in [0.05, 0.1) is 12.1 Å². The van der Waals surface area contributed by atoms with Gasteiger partial charge in [-0.2, -0.15) is 13.2 Å². The predicted octanol–water partition coefficient (Wildman–Crippen LogP) is 2.47. The Labute approximate surface area is 115 Å². The summed E-state index contributed by atoms with van der Waals surface area (Å²) >= 11 is 0. The Balaban J connectivity index is 2.71. The molecule has 1 amide bonds. The Morgan fingerprint density at radius 3 is 2.55 bits per heavy atom. The van der Waals surface area contributed by atoms with Crippen LogP contribution in [0.25, 0.3) is 0 Å². The number of nitrogens with one attached hydrogen (secondary N) is 2. The van der Waals surface area contributed by atoms with Crippen LogP contribution in [0.2, 0.25) is 0 Å². The molecule has 0 unspecified atom stereocenters. The molecule has 0 radical (unpaired) electrons. The number of nitrogens with two attached hydrogens (primary N) is 1. The van der Waals surface area contributed by atoms with Crippen molar-refractivity contribution in [1.29, 1.82) is 0 Å². The van der Waals surface area contributed by atoms with E-state index < -0.39 is 11.7 Å². The number of hydrogen-bond donors (Lipinski definition) is 3. The summed E-state index contributed by atoms with van der Waals surface area (Å²) in [5.41, 5.74) is 4.33. The maximum Gasteiger partial charge on any atom is 0.418 e. The van der Waals surface area contributed by atoms with Crippen molar-refractivity contribution < 1.29 is 18.0 Å². The fourth-order valence-electron chi connectivity index (χ4n) is 1.51. The molecule has 0 saturated heterocycles. The number of halogens is 3. The van der Waals surface area contributed by atoms with Crippen LogP contribution in [0, 0.1) is 5.92 Å². The van der Waals surface area contributed by atoms with E-state index in [0.717, 1.165) is 6.07 Å². The van der Waals surface area contributed by atoms with Crippen LogP contribution < -0.4 is 16.4 Å². The topological polar surface area (TPSA) is 67.2 Å². The molecule has 0 spiro atoms. The van der Waals surface area contributed by atoms with Crippen LogP contribution in [-0.4, -0.2) is 19.0 Å². The Kier molecular flexibility index (Phi) is 5.24. The smallest absolute Gasteiger partial charge is 0.399 e. The highest BCUT2D eigenvalue weighted by Gasteiger charge is 2.33. The Morgan fingerprint density at radius 1 is 1.35 bits per heavy atom. The van der Waals surface area contributed by atoms with Crippen molar-refractivity contribution >= 4 is 17.3 Å². The molecule has 0 heterocycles. The van der Waals surface area contributed by atoms with Crippen molar-refractivity contribution in [2.75, 3.05) is 24.1 Å². The summed E-state index contributed by atoms with van der Waals surface area (Å²) in [5, 5.41) is 5.10. The SMILES string of the molecule is CC(C)CNC(=O)CNc1ccc(N)cc1C(F)(F)F. The van der Waals surface area contributed by atoms with E-state index in [9.17, 15) is 18.0 Å². The zero-order chi connectivity index (χ0) is 15.3. The highest BCUT2D eigenvalue weighted by atomic mass is 19.4. The van der Waals surface area contributed by atoms with Gasteiger partial charge in [0.1, 0.15) is 0 Å². The van der Waals surface area contributed by atoms with Gasteiger partial charge in [-0.25, -0.2) is 0 Å². The van der Waals surface area contributed by atoms with Crippen LogP contribution in [0.4, 0.5) is 24.5 Å². The number of nitrogen functional groups attached to an aromatic ring is 1. The van der Waals surface area contributed by atoms with Crippen molar-refractivity contribution in [2.24, 2.45) is 5.92 Å². The Bertz CT molecular complexity index is 472. The summed E-state index contributed by atoms with van der Waals surface area (Å²) < 4.78 is 38.4. The van der Waals surface area contributed by atoms with E-state index in [1.165, 1.54) is 12.1 Å². The number of alkyl halides is 3. The molecule has 0 bridgehead atoms. The molecule has 20 heavy (non-hydrogen) atoms. The average Bonchev–Trinajstić information content (AvgIpc) is 2.33. The van der Waals surface area contributed by atoms with Gasteiger partial charge in [-0.05, 0) is 24.1 Å². The maximum atomic E-state index is 12.8. The fourth-order valence-corrected chi connectivity index (χ4v) is 1.51. The monoisotopic (exact) mass is 289 g/mol. The lowest BCUT2D eigenvalue weighted by Crippen LogP contribution is -2.32. The lowest BCUT2D eigenvalue weighted by Gasteiger charge is -2.15. The fraction of sp³-hybridized carbons (Fsp3) is 0.462. The number of anilines is 2. The standard InChI is InChI=1S/C13H18F3N3O/c1-8(2)6-19-12(20)7-18-11-4-3-9(17)5-10(11)13(14,15)16/h3-5,8,18H,6-7,17H2,1-2H3,(H,19,20). The molecule has 0 fully saturated rings. The summed E-state index contributed by atoms with van der Waals surface area (Å²) in [6.07, 6.45) is -4.52. The van der Waals surface area contributed by atoms with Crippen molar-refractivity contribution in [2.45, 2.75) is 20.0 Å². The molecule has 0 aromatic heterocycles. The van der Waals surface area contributed by atoms with E-state index in [0.29, 0.717) is 6.54 Å².